The number of fused-ring (bicyclic) bond motifs is 12. The molecule has 1 aromatic heterocycles. The Morgan fingerprint density at radius 3 is 1.26 bits per heavy atom. The van der Waals surface area contributed by atoms with Crippen molar-refractivity contribution in [3.8, 4) is 39.1 Å². The highest BCUT2D eigenvalue weighted by molar-refractivity contribution is 6.14. The number of nitrogens with zero attached hydrogens (tertiary/aromatic N) is 3. The molecule has 3 nitrogen and oxygen atoms in total. The van der Waals surface area contributed by atoms with Gasteiger partial charge >= 0.3 is 0 Å². The SMILES string of the molecule is c1ccc(N(c2ccccc2)c2cccc(-c3ccc4c(c3)-n3c5ccccc5c5cc(-c6cccc(N(c7ccccc7)c7ccccc7)c6)cc(c53)C43c4ccccc4-c4ccccc43)c2)cc1. The molecule has 12 aromatic rings. The number of aromatic nitrogens is 1. The number of anilines is 6. The molecule has 2 heterocycles. The van der Waals surface area contributed by atoms with Gasteiger partial charge in [0.1, 0.15) is 0 Å². The maximum Gasteiger partial charge on any atom is 0.0754 e. The van der Waals surface area contributed by atoms with E-state index in [0.29, 0.717) is 0 Å². The third-order valence-corrected chi connectivity index (χ3v) is 14.7. The predicted molar refractivity (Wildman–Crippen MR) is 292 cm³/mol. The number of rotatable bonds is 8. The fraction of sp³-hybridized carbons (Fsp3) is 0.0149. The molecule has 328 valence electrons. The highest BCUT2D eigenvalue weighted by Crippen LogP contribution is 2.62. The Kier molecular flexibility index (Phi) is 9.11. The molecule has 3 heteroatoms. The molecular weight excluding hydrogens is 847 g/mol. The van der Waals surface area contributed by atoms with Gasteiger partial charge in [-0.2, -0.15) is 0 Å². The van der Waals surface area contributed by atoms with E-state index >= 15 is 0 Å². The van der Waals surface area contributed by atoms with Crippen LogP contribution in [0.1, 0.15) is 22.3 Å². The van der Waals surface area contributed by atoms with Gasteiger partial charge in [0.15, 0.2) is 0 Å². The minimum atomic E-state index is -0.601. The van der Waals surface area contributed by atoms with Gasteiger partial charge in [0.2, 0.25) is 0 Å². The summed E-state index contributed by atoms with van der Waals surface area (Å²) in [6, 6.07) is 100. The van der Waals surface area contributed by atoms with E-state index in [0.717, 1.165) is 39.7 Å². The Morgan fingerprint density at radius 1 is 0.271 bits per heavy atom. The lowest BCUT2D eigenvalue weighted by atomic mass is 9.65. The summed E-state index contributed by atoms with van der Waals surface area (Å²) < 4.78 is 2.57. The standard InChI is InChI=1S/C67H45N3/c1-5-23-50(24-6-1)68(51-25-7-2-8-26-51)54-31-19-21-46(41-54)48-39-40-62-65(45-48)70-64-38-18-15-35-58(64)59-43-49(44-63(66(59)70)67(62)60-36-16-13-33-56(60)57-34-14-17-37-61(57)67)47-22-20-32-55(42-47)69(52-27-9-3-10-28-52)53-29-11-4-12-30-53/h1-45H. The molecule has 14 rings (SSSR count). The minimum Gasteiger partial charge on any atom is -0.310 e. The second kappa shape index (κ2) is 16.0. The van der Waals surface area contributed by atoms with Crippen LogP contribution in [0.5, 0.6) is 0 Å². The second-order valence-corrected chi connectivity index (χ2v) is 18.5. The fourth-order valence-electron chi connectivity index (χ4n) is 11.8. The zero-order chi connectivity index (χ0) is 46.2. The Hall–Kier alpha value is -9.18. The maximum absolute atomic E-state index is 2.57. The lowest BCUT2D eigenvalue weighted by Gasteiger charge is -2.40. The molecular formula is C67H45N3. The Morgan fingerprint density at radius 2 is 0.714 bits per heavy atom. The molecule has 1 aliphatic carbocycles. The van der Waals surface area contributed by atoms with E-state index in [9.17, 15) is 0 Å². The van der Waals surface area contributed by atoms with E-state index in [1.807, 2.05) is 0 Å². The van der Waals surface area contributed by atoms with E-state index in [1.54, 1.807) is 0 Å². The number of hydrogen-bond acceptors (Lipinski definition) is 2. The van der Waals surface area contributed by atoms with Crippen molar-refractivity contribution in [2.45, 2.75) is 5.41 Å². The first-order valence-corrected chi connectivity index (χ1v) is 24.2. The molecule has 0 saturated carbocycles. The topological polar surface area (TPSA) is 11.4 Å². The Balaban J connectivity index is 1.02. The Bertz CT molecular complexity index is 3830. The van der Waals surface area contributed by atoms with Gasteiger partial charge in [-0.3, -0.25) is 0 Å². The van der Waals surface area contributed by atoms with Crippen molar-refractivity contribution in [3.05, 3.63) is 295 Å². The summed E-state index contributed by atoms with van der Waals surface area (Å²) in [7, 11) is 0. The van der Waals surface area contributed by atoms with Crippen LogP contribution in [0.25, 0.3) is 60.9 Å². The summed E-state index contributed by atoms with van der Waals surface area (Å²) in [5, 5.41) is 2.49. The van der Waals surface area contributed by atoms with E-state index in [2.05, 4.69) is 287 Å². The molecule has 0 saturated heterocycles. The number of hydrogen-bond donors (Lipinski definition) is 0. The van der Waals surface area contributed by atoms with Gasteiger partial charge in [0.25, 0.3) is 0 Å². The van der Waals surface area contributed by atoms with Gasteiger partial charge < -0.3 is 14.4 Å². The van der Waals surface area contributed by atoms with Gasteiger partial charge in [0.05, 0.1) is 22.1 Å². The molecule has 0 radical (unpaired) electrons. The fourth-order valence-corrected chi connectivity index (χ4v) is 11.8. The van der Waals surface area contributed by atoms with Gasteiger partial charge in [-0.1, -0.05) is 176 Å². The number of para-hydroxylation sites is 5. The smallest absolute Gasteiger partial charge is 0.0754 e. The van der Waals surface area contributed by atoms with Crippen LogP contribution in [-0.2, 0) is 5.41 Å². The van der Waals surface area contributed by atoms with Crippen molar-refractivity contribution in [1.82, 2.24) is 4.57 Å². The van der Waals surface area contributed by atoms with Crippen LogP contribution >= 0.6 is 0 Å². The maximum atomic E-state index is 2.57. The highest BCUT2D eigenvalue weighted by atomic mass is 15.1. The largest absolute Gasteiger partial charge is 0.310 e. The molecule has 1 aliphatic heterocycles. The third kappa shape index (κ3) is 6.01. The van der Waals surface area contributed by atoms with Crippen molar-refractivity contribution in [3.63, 3.8) is 0 Å². The van der Waals surface area contributed by atoms with E-state index in [4.69, 9.17) is 0 Å². The average Bonchev–Trinajstić information content (AvgIpc) is 3.93. The average molecular weight is 892 g/mol. The zero-order valence-corrected chi connectivity index (χ0v) is 38.3. The van der Waals surface area contributed by atoms with Crippen molar-refractivity contribution >= 4 is 55.9 Å². The summed E-state index contributed by atoms with van der Waals surface area (Å²) in [5.41, 5.74) is 22.2. The molecule has 11 aromatic carbocycles. The first-order valence-electron chi connectivity index (χ1n) is 24.2. The molecule has 1 spiro atoms. The summed E-state index contributed by atoms with van der Waals surface area (Å²) in [5.74, 6) is 0. The zero-order valence-electron chi connectivity index (χ0n) is 38.3. The number of benzene rings is 11. The van der Waals surface area contributed by atoms with E-state index in [-0.39, 0.29) is 0 Å². The minimum absolute atomic E-state index is 0.601. The molecule has 0 unspecified atom stereocenters. The monoisotopic (exact) mass is 891 g/mol. The van der Waals surface area contributed by atoms with E-state index < -0.39 is 5.41 Å². The lowest BCUT2D eigenvalue weighted by Crippen LogP contribution is -2.33. The third-order valence-electron chi connectivity index (χ3n) is 14.7. The Labute approximate surface area is 408 Å². The summed E-state index contributed by atoms with van der Waals surface area (Å²) in [6.07, 6.45) is 0. The van der Waals surface area contributed by atoms with Gasteiger partial charge in [-0.05, 0) is 153 Å². The van der Waals surface area contributed by atoms with Crippen molar-refractivity contribution in [2.75, 3.05) is 9.80 Å². The van der Waals surface area contributed by atoms with Crippen LogP contribution < -0.4 is 9.80 Å². The van der Waals surface area contributed by atoms with Crippen LogP contribution in [0.2, 0.25) is 0 Å². The predicted octanol–water partition coefficient (Wildman–Crippen LogP) is 17.7. The van der Waals surface area contributed by atoms with Crippen LogP contribution in [0.15, 0.2) is 273 Å². The lowest BCUT2D eigenvalue weighted by molar-refractivity contribution is 0.749. The summed E-state index contributed by atoms with van der Waals surface area (Å²) >= 11 is 0. The molecule has 0 bridgehead atoms. The first-order chi connectivity index (χ1) is 34.7. The van der Waals surface area contributed by atoms with Gasteiger partial charge in [-0.25, -0.2) is 0 Å². The van der Waals surface area contributed by atoms with Crippen LogP contribution in [0, 0.1) is 0 Å². The molecule has 2 aliphatic rings. The highest BCUT2D eigenvalue weighted by Gasteiger charge is 2.51. The molecule has 0 fully saturated rings. The summed E-state index contributed by atoms with van der Waals surface area (Å²) in [6.45, 7) is 0. The van der Waals surface area contributed by atoms with Crippen LogP contribution in [0.3, 0.4) is 0 Å². The van der Waals surface area contributed by atoms with Crippen molar-refractivity contribution < 1.29 is 0 Å². The quantitative estimate of drug-likeness (QED) is 0.151. The van der Waals surface area contributed by atoms with E-state index in [1.165, 1.54) is 77.6 Å². The molecule has 70 heavy (non-hydrogen) atoms. The normalized spacial score (nSPS) is 12.7. The van der Waals surface area contributed by atoms with Gasteiger partial charge in [-0.15, -0.1) is 0 Å². The second-order valence-electron chi connectivity index (χ2n) is 18.5. The molecule has 0 atom stereocenters. The van der Waals surface area contributed by atoms with Crippen molar-refractivity contribution in [1.29, 1.82) is 0 Å². The van der Waals surface area contributed by atoms with Crippen molar-refractivity contribution in [2.24, 2.45) is 0 Å². The van der Waals surface area contributed by atoms with Crippen LogP contribution in [-0.4, -0.2) is 4.57 Å². The summed E-state index contributed by atoms with van der Waals surface area (Å²) in [4.78, 5) is 4.70. The molecule has 0 N–H and O–H groups in total. The first kappa shape index (κ1) is 39.9. The molecule has 0 amide bonds. The van der Waals surface area contributed by atoms with Gasteiger partial charge in [0, 0.05) is 44.9 Å². The van der Waals surface area contributed by atoms with Crippen LogP contribution in [0.4, 0.5) is 34.1 Å².